The van der Waals surface area contributed by atoms with Gasteiger partial charge < -0.3 is 5.32 Å². The molecule has 5 heteroatoms. The van der Waals surface area contributed by atoms with Gasteiger partial charge in [-0.3, -0.25) is 10.1 Å². The lowest BCUT2D eigenvalue weighted by Gasteiger charge is -2.27. The fourth-order valence-electron chi connectivity index (χ4n) is 1.29. The molecule has 1 aromatic rings. The Labute approximate surface area is 106 Å². The standard InChI is InChI=1S/C12H20N2O2S/c1-9(12(2,3)4)6-13-7-10-5-11(14(15)16)17-8-10/h5,8-9,13H,6-7H2,1-4H3. The predicted molar refractivity (Wildman–Crippen MR) is 71.3 cm³/mol. The number of hydrogen-bond acceptors (Lipinski definition) is 4. The smallest absolute Gasteiger partial charge is 0.312 e. The van der Waals surface area contributed by atoms with Crippen LogP contribution in [0.2, 0.25) is 0 Å². The zero-order valence-electron chi connectivity index (χ0n) is 10.8. The van der Waals surface area contributed by atoms with E-state index in [9.17, 15) is 10.1 Å². The van der Waals surface area contributed by atoms with Gasteiger partial charge in [0.05, 0.1) is 4.92 Å². The van der Waals surface area contributed by atoms with E-state index >= 15 is 0 Å². The van der Waals surface area contributed by atoms with E-state index in [1.807, 2.05) is 5.38 Å². The van der Waals surface area contributed by atoms with Crippen molar-refractivity contribution in [2.24, 2.45) is 11.3 Å². The molecule has 1 N–H and O–H groups in total. The van der Waals surface area contributed by atoms with Crippen molar-refractivity contribution < 1.29 is 4.92 Å². The highest BCUT2D eigenvalue weighted by Gasteiger charge is 2.19. The van der Waals surface area contributed by atoms with Crippen molar-refractivity contribution >= 4 is 16.3 Å². The third-order valence-electron chi connectivity index (χ3n) is 3.08. The number of rotatable bonds is 5. The minimum absolute atomic E-state index is 0.214. The first-order valence-corrected chi connectivity index (χ1v) is 6.61. The minimum Gasteiger partial charge on any atom is -0.312 e. The Morgan fingerprint density at radius 3 is 2.65 bits per heavy atom. The van der Waals surface area contributed by atoms with Crippen LogP contribution in [0.25, 0.3) is 0 Å². The normalized spacial score (nSPS) is 13.6. The van der Waals surface area contributed by atoms with Crippen molar-refractivity contribution in [1.29, 1.82) is 0 Å². The van der Waals surface area contributed by atoms with Crippen LogP contribution in [-0.2, 0) is 6.54 Å². The van der Waals surface area contributed by atoms with Crippen LogP contribution in [0, 0.1) is 21.4 Å². The lowest BCUT2D eigenvalue weighted by Crippen LogP contribution is -2.29. The molecule has 4 nitrogen and oxygen atoms in total. The molecule has 1 heterocycles. The van der Waals surface area contributed by atoms with Crippen LogP contribution < -0.4 is 5.32 Å². The first kappa shape index (κ1) is 14.1. The molecule has 0 aliphatic carbocycles. The number of nitrogens with one attached hydrogen (secondary N) is 1. The van der Waals surface area contributed by atoms with E-state index in [4.69, 9.17) is 0 Å². The molecule has 0 radical (unpaired) electrons. The molecule has 1 atom stereocenters. The molecule has 0 bridgehead atoms. The SMILES string of the molecule is CC(CNCc1csc([N+](=O)[O-])c1)C(C)(C)C. The summed E-state index contributed by atoms with van der Waals surface area (Å²) in [5.74, 6) is 0.566. The van der Waals surface area contributed by atoms with E-state index in [2.05, 4.69) is 33.0 Å². The zero-order valence-corrected chi connectivity index (χ0v) is 11.6. The van der Waals surface area contributed by atoms with Crippen LogP contribution in [0.4, 0.5) is 5.00 Å². The van der Waals surface area contributed by atoms with Gasteiger partial charge in [0.25, 0.3) is 0 Å². The zero-order chi connectivity index (χ0) is 13.1. The van der Waals surface area contributed by atoms with Gasteiger partial charge >= 0.3 is 5.00 Å². The first-order chi connectivity index (χ1) is 7.80. The van der Waals surface area contributed by atoms with Crippen molar-refractivity contribution in [1.82, 2.24) is 5.32 Å². The van der Waals surface area contributed by atoms with Gasteiger partial charge in [-0.25, -0.2) is 0 Å². The monoisotopic (exact) mass is 256 g/mol. The number of hydrogen-bond donors (Lipinski definition) is 1. The van der Waals surface area contributed by atoms with Crippen LogP contribution in [0.5, 0.6) is 0 Å². The van der Waals surface area contributed by atoms with E-state index < -0.39 is 0 Å². The second kappa shape index (κ2) is 5.60. The second-order valence-corrected chi connectivity index (χ2v) is 6.34. The molecule has 1 aromatic heterocycles. The van der Waals surface area contributed by atoms with E-state index in [1.54, 1.807) is 6.07 Å². The molecule has 0 spiro atoms. The van der Waals surface area contributed by atoms with Gasteiger partial charge in [0.1, 0.15) is 0 Å². The Hall–Kier alpha value is -0.940. The van der Waals surface area contributed by atoms with E-state index in [-0.39, 0.29) is 15.3 Å². The summed E-state index contributed by atoms with van der Waals surface area (Å²) in [6, 6.07) is 1.64. The van der Waals surface area contributed by atoms with Crippen molar-refractivity contribution in [2.45, 2.75) is 34.2 Å². The highest BCUT2D eigenvalue weighted by Crippen LogP contribution is 2.25. The Bertz CT molecular complexity index is 382. The van der Waals surface area contributed by atoms with Gasteiger partial charge in [-0.1, -0.05) is 39.0 Å². The van der Waals surface area contributed by atoms with Crippen molar-refractivity contribution in [3.63, 3.8) is 0 Å². The van der Waals surface area contributed by atoms with E-state index in [0.29, 0.717) is 12.5 Å². The highest BCUT2D eigenvalue weighted by atomic mass is 32.1. The van der Waals surface area contributed by atoms with Crippen LogP contribution in [0.1, 0.15) is 33.3 Å². The largest absolute Gasteiger partial charge is 0.324 e. The molecule has 0 amide bonds. The molecule has 0 saturated carbocycles. The maximum Gasteiger partial charge on any atom is 0.324 e. The van der Waals surface area contributed by atoms with Crippen molar-refractivity contribution in [3.8, 4) is 0 Å². The van der Waals surface area contributed by atoms with E-state index in [1.165, 1.54) is 11.3 Å². The van der Waals surface area contributed by atoms with Gasteiger partial charge in [-0.05, 0) is 23.4 Å². The third kappa shape index (κ3) is 4.44. The fourth-order valence-corrected chi connectivity index (χ4v) is 2.02. The van der Waals surface area contributed by atoms with Gasteiger partial charge in [0.15, 0.2) is 0 Å². The molecule has 1 rings (SSSR count). The topological polar surface area (TPSA) is 55.2 Å². The molecule has 1 unspecified atom stereocenters. The predicted octanol–water partition coefficient (Wildman–Crippen LogP) is 3.43. The first-order valence-electron chi connectivity index (χ1n) is 5.73. The lowest BCUT2D eigenvalue weighted by atomic mass is 9.82. The summed E-state index contributed by atoms with van der Waals surface area (Å²) in [6.07, 6.45) is 0. The average molecular weight is 256 g/mol. The van der Waals surface area contributed by atoms with Crippen LogP contribution in [0.3, 0.4) is 0 Å². The van der Waals surface area contributed by atoms with Crippen molar-refractivity contribution in [3.05, 3.63) is 27.1 Å². The number of nitrogens with zero attached hydrogens (tertiary/aromatic N) is 1. The summed E-state index contributed by atoms with van der Waals surface area (Å²) in [7, 11) is 0. The second-order valence-electron chi connectivity index (χ2n) is 5.45. The Balaban J connectivity index is 2.38. The van der Waals surface area contributed by atoms with Crippen LogP contribution in [0.15, 0.2) is 11.4 Å². The average Bonchev–Trinajstić information content (AvgIpc) is 2.64. The third-order valence-corrected chi connectivity index (χ3v) is 4.01. The summed E-state index contributed by atoms with van der Waals surface area (Å²) < 4.78 is 0. The lowest BCUT2D eigenvalue weighted by molar-refractivity contribution is -0.380. The molecule has 0 aliphatic rings. The molecular weight excluding hydrogens is 236 g/mol. The molecule has 0 fully saturated rings. The Morgan fingerprint density at radius 2 is 2.18 bits per heavy atom. The van der Waals surface area contributed by atoms with Gasteiger partial charge in [0.2, 0.25) is 0 Å². The van der Waals surface area contributed by atoms with E-state index in [0.717, 1.165) is 12.1 Å². The maximum atomic E-state index is 10.5. The summed E-state index contributed by atoms with van der Waals surface area (Å²) >= 11 is 1.18. The van der Waals surface area contributed by atoms with Gasteiger partial charge in [-0.15, -0.1) is 0 Å². The molecule has 17 heavy (non-hydrogen) atoms. The minimum atomic E-state index is -0.341. The molecule has 0 saturated heterocycles. The fraction of sp³-hybridized carbons (Fsp3) is 0.667. The van der Waals surface area contributed by atoms with Gasteiger partial charge in [-0.2, -0.15) is 0 Å². The molecule has 0 aromatic carbocycles. The number of thiophene rings is 1. The van der Waals surface area contributed by atoms with Gasteiger partial charge in [0, 0.05) is 18.0 Å². The molecule has 96 valence electrons. The quantitative estimate of drug-likeness (QED) is 0.648. The maximum absolute atomic E-state index is 10.5. The summed E-state index contributed by atoms with van der Waals surface area (Å²) in [5.41, 5.74) is 1.27. The highest BCUT2D eigenvalue weighted by molar-refractivity contribution is 7.13. The van der Waals surface area contributed by atoms with Crippen LogP contribution >= 0.6 is 11.3 Å². The summed E-state index contributed by atoms with van der Waals surface area (Å²) in [6.45, 7) is 10.5. The summed E-state index contributed by atoms with van der Waals surface area (Å²) in [5, 5.41) is 15.9. The van der Waals surface area contributed by atoms with Crippen LogP contribution in [-0.4, -0.2) is 11.5 Å². The Morgan fingerprint density at radius 1 is 1.53 bits per heavy atom. The van der Waals surface area contributed by atoms with Crippen molar-refractivity contribution in [2.75, 3.05) is 6.54 Å². The Kier molecular flexibility index (Phi) is 4.65. The summed E-state index contributed by atoms with van der Waals surface area (Å²) in [4.78, 5) is 10.2. The molecule has 0 aliphatic heterocycles. The molecular formula is C12H20N2O2S. The number of nitro groups is 1.